The smallest absolute Gasteiger partial charge is 0.115 e. The van der Waals surface area contributed by atoms with Crippen LogP contribution in [0, 0.1) is 0 Å². The second-order valence-corrected chi connectivity index (χ2v) is 9.17. The predicted molar refractivity (Wildman–Crippen MR) is 141 cm³/mol. The van der Waals surface area contributed by atoms with Crippen molar-refractivity contribution in [1.82, 2.24) is 4.98 Å². The number of rotatable bonds is 18. The number of benzene rings is 1. The molecule has 0 spiro atoms. The van der Waals surface area contributed by atoms with Crippen LogP contribution < -0.4 is 9.80 Å². The predicted octanol–water partition coefficient (Wildman–Crippen LogP) is 8.54. The Balaban J connectivity index is 2.34. The van der Waals surface area contributed by atoms with Crippen molar-refractivity contribution >= 4 is 22.4 Å². The van der Waals surface area contributed by atoms with E-state index in [-0.39, 0.29) is 0 Å². The molecular weight excluding hydrogens is 378 g/mol. The summed E-state index contributed by atoms with van der Waals surface area (Å²) in [7, 11) is 0. The molecule has 1 N–H and O–H groups in total. The number of nitrogens with one attached hydrogen (secondary N) is 1. The van der Waals surface area contributed by atoms with Crippen molar-refractivity contribution in [2.24, 2.45) is 0 Å². The first-order valence-electron chi connectivity index (χ1n) is 13.4. The van der Waals surface area contributed by atoms with Gasteiger partial charge in [0.25, 0.3) is 0 Å². The molecule has 31 heavy (non-hydrogen) atoms. The first kappa shape index (κ1) is 25.6. The van der Waals surface area contributed by atoms with Gasteiger partial charge in [0.15, 0.2) is 0 Å². The number of aromatic nitrogens is 1. The molecule has 0 aliphatic rings. The quantitative estimate of drug-likeness (QED) is 0.241. The fourth-order valence-electron chi connectivity index (χ4n) is 4.52. The molecule has 0 fully saturated rings. The monoisotopic (exact) mass is 427 g/mol. The van der Waals surface area contributed by atoms with Crippen LogP contribution in [-0.4, -0.2) is 31.2 Å². The first-order valence-corrected chi connectivity index (χ1v) is 13.4. The lowest BCUT2D eigenvalue weighted by molar-refractivity contribution is 0.627. The minimum absolute atomic E-state index is 1.16. The van der Waals surface area contributed by atoms with Crippen molar-refractivity contribution in [3.63, 3.8) is 0 Å². The Hall–Kier alpha value is -1.64. The summed E-state index contributed by atoms with van der Waals surface area (Å²) in [6.07, 6.45) is 15.5. The van der Waals surface area contributed by atoms with Crippen LogP contribution in [-0.2, 0) is 0 Å². The largest absolute Gasteiger partial charge is 0.358 e. The number of fused-ring (bicyclic) bond motifs is 1. The second kappa shape index (κ2) is 15.2. The summed E-state index contributed by atoms with van der Waals surface area (Å²) in [5, 5.41) is 2.81. The Labute approximate surface area is 192 Å². The zero-order chi connectivity index (χ0) is 22.3. The molecule has 0 saturated carbocycles. The molecule has 0 saturated heterocycles. The maximum Gasteiger partial charge on any atom is 0.115 e. The molecule has 3 heteroatoms. The molecule has 1 aromatic carbocycles. The van der Waals surface area contributed by atoms with Crippen molar-refractivity contribution in [3.8, 4) is 0 Å². The van der Waals surface area contributed by atoms with E-state index in [9.17, 15) is 0 Å². The minimum atomic E-state index is 1.16. The van der Waals surface area contributed by atoms with Crippen LogP contribution in [0.25, 0.3) is 10.8 Å². The number of anilines is 2. The van der Waals surface area contributed by atoms with Crippen LogP contribution in [0.2, 0.25) is 0 Å². The zero-order valence-electron chi connectivity index (χ0n) is 21.0. The number of nitrogens with zero attached hydrogens (tertiary/aromatic N) is 2. The van der Waals surface area contributed by atoms with Crippen LogP contribution in [0.4, 0.5) is 11.6 Å². The lowest BCUT2D eigenvalue weighted by Crippen LogP contribution is -2.28. The number of hydrogen-bond acceptors (Lipinski definition) is 2. The summed E-state index contributed by atoms with van der Waals surface area (Å²) in [6.45, 7) is 13.8. The number of hydrogen-bond donors (Lipinski definition) is 1. The van der Waals surface area contributed by atoms with Crippen LogP contribution in [0.15, 0.2) is 24.3 Å². The minimum Gasteiger partial charge on any atom is -0.358 e. The summed E-state index contributed by atoms with van der Waals surface area (Å²) < 4.78 is 0. The summed E-state index contributed by atoms with van der Waals surface area (Å²) in [5.41, 5.74) is 0. The van der Waals surface area contributed by atoms with Gasteiger partial charge in [-0.3, -0.25) is 0 Å². The molecule has 1 heterocycles. The van der Waals surface area contributed by atoms with Gasteiger partial charge in [-0.2, -0.15) is 0 Å². The third kappa shape index (κ3) is 8.09. The van der Waals surface area contributed by atoms with Crippen LogP contribution in [0.1, 0.15) is 105 Å². The van der Waals surface area contributed by atoms with Gasteiger partial charge in [0.05, 0.1) is 0 Å². The van der Waals surface area contributed by atoms with Crippen molar-refractivity contribution in [1.29, 1.82) is 0 Å². The van der Waals surface area contributed by atoms with E-state index in [4.69, 9.17) is 0 Å². The van der Waals surface area contributed by atoms with Gasteiger partial charge < -0.3 is 14.8 Å². The van der Waals surface area contributed by atoms with Gasteiger partial charge in [-0.05, 0) is 25.7 Å². The van der Waals surface area contributed by atoms with E-state index in [0.717, 1.165) is 26.2 Å². The third-order valence-electron chi connectivity index (χ3n) is 6.43. The average Bonchev–Trinajstić information content (AvgIpc) is 3.17. The summed E-state index contributed by atoms with van der Waals surface area (Å²) >= 11 is 0. The number of aromatic amines is 1. The third-order valence-corrected chi connectivity index (χ3v) is 6.43. The van der Waals surface area contributed by atoms with E-state index < -0.39 is 0 Å². The van der Waals surface area contributed by atoms with Crippen molar-refractivity contribution < 1.29 is 0 Å². The normalized spacial score (nSPS) is 11.4. The highest BCUT2D eigenvalue weighted by atomic mass is 15.3. The van der Waals surface area contributed by atoms with E-state index >= 15 is 0 Å². The van der Waals surface area contributed by atoms with E-state index in [1.807, 2.05) is 0 Å². The first-order chi connectivity index (χ1) is 15.3. The van der Waals surface area contributed by atoms with Gasteiger partial charge in [0.2, 0.25) is 0 Å². The highest BCUT2D eigenvalue weighted by Gasteiger charge is 2.19. The maximum atomic E-state index is 3.95. The molecule has 0 aliphatic carbocycles. The van der Waals surface area contributed by atoms with Gasteiger partial charge in [0, 0.05) is 37.0 Å². The Bertz CT molecular complexity index is 627. The summed E-state index contributed by atoms with van der Waals surface area (Å²) in [4.78, 5) is 9.24. The summed E-state index contributed by atoms with van der Waals surface area (Å²) in [6, 6.07) is 9.07. The van der Waals surface area contributed by atoms with Crippen molar-refractivity contribution in [2.45, 2.75) is 105 Å². The van der Waals surface area contributed by atoms with E-state index in [0.29, 0.717) is 0 Å². The van der Waals surface area contributed by atoms with Crippen LogP contribution in [0.3, 0.4) is 0 Å². The van der Waals surface area contributed by atoms with Crippen LogP contribution in [0.5, 0.6) is 0 Å². The Morgan fingerprint density at radius 1 is 0.516 bits per heavy atom. The highest BCUT2D eigenvalue weighted by Crippen LogP contribution is 2.35. The molecule has 2 rings (SSSR count). The maximum absolute atomic E-state index is 3.95. The molecule has 0 bridgehead atoms. The molecule has 1 aromatic heterocycles. The topological polar surface area (TPSA) is 22.3 Å². The lowest BCUT2D eigenvalue weighted by Gasteiger charge is -2.26. The van der Waals surface area contributed by atoms with Gasteiger partial charge in [-0.1, -0.05) is 103 Å². The fourth-order valence-corrected chi connectivity index (χ4v) is 4.52. The number of H-pyrrole nitrogens is 1. The Morgan fingerprint density at radius 2 is 0.839 bits per heavy atom. The fraction of sp³-hybridized carbons (Fsp3) is 0.714. The SMILES string of the molecule is CCCCCN(CCCCC)c1[nH]c(N(CCCCC)CCCCC)c2ccccc12. The molecule has 3 nitrogen and oxygen atoms in total. The van der Waals surface area contributed by atoms with E-state index in [1.165, 1.54) is 99.5 Å². The van der Waals surface area contributed by atoms with Crippen molar-refractivity contribution in [3.05, 3.63) is 24.3 Å². The molecule has 0 unspecified atom stereocenters. The lowest BCUT2D eigenvalue weighted by atomic mass is 10.1. The standard InChI is InChI=1S/C28H49N3/c1-5-9-15-21-30(22-16-10-6-2)27-25-19-13-14-20-26(25)28(29-27)31(23-17-11-7-3)24-18-12-8-4/h13-14,19-20,29H,5-12,15-18,21-24H2,1-4H3. The second-order valence-electron chi connectivity index (χ2n) is 9.17. The van der Waals surface area contributed by atoms with Gasteiger partial charge in [-0.15, -0.1) is 0 Å². The Kier molecular flexibility index (Phi) is 12.6. The molecule has 0 aliphatic heterocycles. The molecule has 0 atom stereocenters. The molecule has 0 radical (unpaired) electrons. The molecule has 176 valence electrons. The molecule has 0 amide bonds. The van der Waals surface area contributed by atoms with Crippen LogP contribution >= 0.6 is 0 Å². The molecule has 2 aromatic rings. The Morgan fingerprint density at radius 3 is 1.13 bits per heavy atom. The van der Waals surface area contributed by atoms with Gasteiger partial charge in [0.1, 0.15) is 11.6 Å². The average molecular weight is 428 g/mol. The molecular formula is C28H49N3. The highest BCUT2D eigenvalue weighted by molar-refractivity contribution is 6.02. The van der Waals surface area contributed by atoms with E-state index in [1.54, 1.807) is 0 Å². The zero-order valence-corrected chi connectivity index (χ0v) is 21.0. The van der Waals surface area contributed by atoms with Gasteiger partial charge in [-0.25, -0.2) is 0 Å². The summed E-state index contributed by atoms with van der Waals surface area (Å²) in [5.74, 6) is 2.71. The van der Waals surface area contributed by atoms with Crippen molar-refractivity contribution in [2.75, 3.05) is 36.0 Å². The van der Waals surface area contributed by atoms with E-state index in [2.05, 4.69) is 66.7 Å². The van der Waals surface area contributed by atoms with Gasteiger partial charge >= 0.3 is 0 Å². The number of unbranched alkanes of at least 4 members (excludes halogenated alkanes) is 8.